The minimum absolute atomic E-state index is 0.156. The Morgan fingerprint density at radius 1 is 1.70 bits per heavy atom. The quantitative estimate of drug-likeness (QED) is 0.597. The van der Waals surface area contributed by atoms with Gasteiger partial charge in [0, 0.05) is 0 Å². The number of nitrogens with one attached hydrogen (secondary N) is 1. The highest BCUT2D eigenvalue weighted by atomic mass is 16.6. The summed E-state index contributed by atoms with van der Waals surface area (Å²) in [6, 6.07) is 0. The number of rotatable bonds is 1. The van der Waals surface area contributed by atoms with Crippen molar-refractivity contribution >= 4 is 6.09 Å². The molecule has 1 heterocycles. The number of alkyl carbamates (subject to hydrolysis) is 1. The van der Waals surface area contributed by atoms with Crippen molar-refractivity contribution in [2.75, 3.05) is 6.61 Å². The van der Waals surface area contributed by atoms with Gasteiger partial charge >= 0.3 is 6.09 Å². The average Bonchev–Trinajstić information content (AvgIpc) is 2.13. The van der Waals surface area contributed by atoms with Crippen molar-refractivity contribution in [3.05, 3.63) is 0 Å². The van der Waals surface area contributed by atoms with Crippen molar-refractivity contribution in [3.8, 4) is 0 Å². The molecule has 0 spiro atoms. The second-order valence-electron chi connectivity index (χ2n) is 3.27. The summed E-state index contributed by atoms with van der Waals surface area (Å²) in [5, 5.41) is 2.77. The molecule has 0 aromatic rings. The zero-order chi connectivity index (χ0) is 7.78. The number of ether oxygens (including phenoxy) is 1. The Bertz CT molecular complexity index is 156. The SMILES string of the molecule is CC(C)[C@@]1(C)COC(=O)N1. The van der Waals surface area contributed by atoms with Gasteiger partial charge in [-0.05, 0) is 12.8 Å². The van der Waals surface area contributed by atoms with Crippen LogP contribution in [0.2, 0.25) is 0 Å². The van der Waals surface area contributed by atoms with E-state index in [-0.39, 0.29) is 11.6 Å². The van der Waals surface area contributed by atoms with Gasteiger partial charge in [0.05, 0.1) is 5.54 Å². The standard InChI is InChI=1S/C7H13NO2/c1-5(2)7(3)4-10-6(9)8-7/h5H,4H2,1-3H3,(H,8,9)/t7-/m1/s1. The van der Waals surface area contributed by atoms with E-state index in [0.29, 0.717) is 12.5 Å². The Labute approximate surface area is 60.7 Å². The predicted molar refractivity (Wildman–Crippen MR) is 37.7 cm³/mol. The molecule has 1 saturated heterocycles. The lowest BCUT2D eigenvalue weighted by atomic mass is 9.90. The van der Waals surface area contributed by atoms with Gasteiger partial charge < -0.3 is 10.1 Å². The zero-order valence-corrected chi connectivity index (χ0v) is 6.60. The van der Waals surface area contributed by atoms with Gasteiger partial charge in [-0.3, -0.25) is 0 Å². The molecule has 1 aliphatic rings. The summed E-state index contributed by atoms with van der Waals surface area (Å²) in [5.41, 5.74) is -0.156. The molecule has 1 atom stereocenters. The summed E-state index contributed by atoms with van der Waals surface area (Å²) in [4.78, 5) is 10.6. The molecule has 0 radical (unpaired) electrons. The molecule has 58 valence electrons. The smallest absolute Gasteiger partial charge is 0.407 e. The van der Waals surface area contributed by atoms with Crippen LogP contribution in [0.4, 0.5) is 4.79 Å². The third kappa shape index (κ3) is 1.08. The fraction of sp³-hybridized carbons (Fsp3) is 0.857. The highest BCUT2D eigenvalue weighted by Crippen LogP contribution is 2.20. The molecule has 0 unspecified atom stereocenters. The summed E-state index contributed by atoms with van der Waals surface area (Å²) in [5.74, 6) is 0.416. The maximum Gasteiger partial charge on any atom is 0.407 e. The summed E-state index contributed by atoms with van der Waals surface area (Å²) >= 11 is 0. The largest absolute Gasteiger partial charge is 0.447 e. The van der Waals surface area contributed by atoms with Gasteiger partial charge in [0.15, 0.2) is 0 Å². The van der Waals surface area contributed by atoms with Crippen molar-refractivity contribution in [2.45, 2.75) is 26.3 Å². The summed E-state index contributed by atoms with van der Waals surface area (Å²) < 4.78 is 4.78. The first-order chi connectivity index (χ1) is 4.54. The highest BCUT2D eigenvalue weighted by Gasteiger charge is 2.37. The van der Waals surface area contributed by atoms with Crippen LogP contribution in [-0.2, 0) is 4.74 Å². The molecule has 3 nitrogen and oxygen atoms in total. The maximum atomic E-state index is 10.6. The average molecular weight is 143 g/mol. The Morgan fingerprint density at radius 3 is 2.50 bits per heavy atom. The molecule has 0 bridgehead atoms. The van der Waals surface area contributed by atoms with Crippen molar-refractivity contribution in [3.63, 3.8) is 0 Å². The van der Waals surface area contributed by atoms with Crippen LogP contribution in [0.25, 0.3) is 0 Å². The Hall–Kier alpha value is -0.730. The zero-order valence-electron chi connectivity index (χ0n) is 6.60. The third-order valence-corrected chi connectivity index (χ3v) is 2.16. The molecule has 1 rings (SSSR count). The molecule has 0 aromatic heterocycles. The molecule has 10 heavy (non-hydrogen) atoms. The fourth-order valence-electron chi connectivity index (χ4n) is 0.832. The number of carbonyl (C=O) groups excluding carboxylic acids is 1. The van der Waals surface area contributed by atoms with Crippen molar-refractivity contribution in [2.24, 2.45) is 5.92 Å². The van der Waals surface area contributed by atoms with Gasteiger partial charge in [-0.25, -0.2) is 4.79 Å². The first-order valence-electron chi connectivity index (χ1n) is 3.49. The minimum Gasteiger partial charge on any atom is -0.447 e. The van der Waals surface area contributed by atoms with Gasteiger partial charge in [-0.1, -0.05) is 13.8 Å². The van der Waals surface area contributed by atoms with Crippen molar-refractivity contribution in [1.29, 1.82) is 0 Å². The highest BCUT2D eigenvalue weighted by molar-refractivity contribution is 5.70. The predicted octanol–water partition coefficient (Wildman–Crippen LogP) is 1.14. The minimum atomic E-state index is -0.295. The van der Waals surface area contributed by atoms with E-state index in [1.165, 1.54) is 0 Å². The topological polar surface area (TPSA) is 38.3 Å². The molecule has 0 aromatic carbocycles. The van der Waals surface area contributed by atoms with Gasteiger partial charge in [0.2, 0.25) is 0 Å². The lowest BCUT2D eigenvalue weighted by Gasteiger charge is -2.25. The first-order valence-corrected chi connectivity index (χ1v) is 3.49. The molecule has 0 aliphatic carbocycles. The molecule has 1 N–H and O–H groups in total. The van der Waals surface area contributed by atoms with E-state index in [2.05, 4.69) is 19.2 Å². The van der Waals surface area contributed by atoms with E-state index in [1.54, 1.807) is 0 Å². The van der Waals surface area contributed by atoms with Crippen LogP contribution in [-0.4, -0.2) is 18.2 Å². The van der Waals surface area contributed by atoms with Crippen LogP contribution < -0.4 is 5.32 Å². The van der Waals surface area contributed by atoms with E-state index in [1.807, 2.05) is 6.92 Å². The van der Waals surface area contributed by atoms with Crippen molar-refractivity contribution in [1.82, 2.24) is 5.32 Å². The van der Waals surface area contributed by atoms with E-state index in [0.717, 1.165) is 0 Å². The second kappa shape index (κ2) is 2.15. The molecular formula is C7H13NO2. The monoisotopic (exact) mass is 143 g/mol. The van der Waals surface area contributed by atoms with Gasteiger partial charge in [-0.2, -0.15) is 0 Å². The van der Waals surface area contributed by atoms with E-state index < -0.39 is 0 Å². The summed E-state index contributed by atoms with van der Waals surface area (Å²) in [6.45, 7) is 6.61. The molecular weight excluding hydrogens is 130 g/mol. The van der Waals surface area contributed by atoms with Gasteiger partial charge in [0.25, 0.3) is 0 Å². The fourth-order valence-corrected chi connectivity index (χ4v) is 0.832. The lowest BCUT2D eigenvalue weighted by Crippen LogP contribution is -2.44. The maximum absolute atomic E-state index is 10.6. The van der Waals surface area contributed by atoms with Gasteiger partial charge in [0.1, 0.15) is 6.61 Å². The number of amides is 1. The Kier molecular flexibility index (Phi) is 1.58. The molecule has 1 aliphatic heterocycles. The van der Waals surface area contributed by atoms with Crippen LogP contribution in [0, 0.1) is 5.92 Å². The van der Waals surface area contributed by atoms with E-state index in [4.69, 9.17) is 4.74 Å². The summed E-state index contributed by atoms with van der Waals surface area (Å²) in [7, 11) is 0. The molecule has 3 heteroatoms. The number of cyclic esters (lactones) is 1. The Balaban J connectivity index is 2.63. The molecule has 1 amide bonds. The van der Waals surface area contributed by atoms with Crippen LogP contribution in [0.5, 0.6) is 0 Å². The number of hydrogen-bond acceptors (Lipinski definition) is 2. The Morgan fingerprint density at radius 2 is 2.30 bits per heavy atom. The number of carbonyl (C=O) groups is 1. The normalized spacial score (nSPS) is 32.2. The van der Waals surface area contributed by atoms with Crippen LogP contribution >= 0.6 is 0 Å². The molecule has 1 fully saturated rings. The van der Waals surface area contributed by atoms with Crippen LogP contribution in [0.15, 0.2) is 0 Å². The van der Waals surface area contributed by atoms with E-state index >= 15 is 0 Å². The summed E-state index contributed by atoms with van der Waals surface area (Å²) in [6.07, 6.45) is -0.295. The molecule has 0 saturated carbocycles. The lowest BCUT2D eigenvalue weighted by molar-refractivity contribution is 0.168. The number of hydrogen-bond donors (Lipinski definition) is 1. The van der Waals surface area contributed by atoms with E-state index in [9.17, 15) is 4.79 Å². The van der Waals surface area contributed by atoms with Gasteiger partial charge in [-0.15, -0.1) is 0 Å². The van der Waals surface area contributed by atoms with Crippen molar-refractivity contribution < 1.29 is 9.53 Å². The third-order valence-electron chi connectivity index (χ3n) is 2.16. The van der Waals surface area contributed by atoms with Crippen LogP contribution in [0.3, 0.4) is 0 Å². The van der Waals surface area contributed by atoms with Crippen LogP contribution in [0.1, 0.15) is 20.8 Å². The first kappa shape index (κ1) is 7.38. The second-order valence-corrected chi connectivity index (χ2v) is 3.27.